The second-order valence-corrected chi connectivity index (χ2v) is 13.5. The van der Waals surface area contributed by atoms with Crippen LogP contribution >= 0.6 is 0 Å². The third kappa shape index (κ3) is 2.55. The average Bonchev–Trinajstić information content (AvgIpc) is 3.13. The highest BCUT2D eigenvalue weighted by Gasteiger charge is 2.71. The summed E-state index contributed by atoms with van der Waals surface area (Å²) in [4.78, 5) is 25.3. The first-order chi connectivity index (χ1) is 14.9. The molecule has 4 unspecified atom stereocenters. The monoisotopic (exact) mass is 440 g/mol. The van der Waals surface area contributed by atoms with Crippen LogP contribution in [-0.2, 0) is 9.59 Å². The van der Waals surface area contributed by atoms with Crippen LogP contribution in [-0.4, -0.2) is 16.9 Å². The summed E-state index contributed by atoms with van der Waals surface area (Å²) in [5.41, 5.74) is 1.32. The van der Waals surface area contributed by atoms with E-state index < -0.39 is 11.4 Å². The van der Waals surface area contributed by atoms with Crippen LogP contribution in [0.3, 0.4) is 0 Å². The van der Waals surface area contributed by atoms with E-state index in [2.05, 4.69) is 41.2 Å². The summed E-state index contributed by atoms with van der Waals surface area (Å²) < 4.78 is 0. The second-order valence-electron chi connectivity index (χ2n) is 13.5. The number of carbonyl (C=O) groups excluding carboxylic acids is 1. The Labute approximate surface area is 194 Å². The Morgan fingerprint density at radius 3 is 2.31 bits per heavy atom. The molecule has 5 rings (SSSR count). The van der Waals surface area contributed by atoms with Gasteiger partial charge in [-0.3, -0.25) is 9.59 Å². The number of carboxylic acid groups (broad SMARTS) is 1. The van der Waals surface area contributed by atoms with Gasteiger partial charge >= 0.3 is 5.97 Å². The molecule has 0 aromatic heterocycles. The highest BCUT2D eigenvalue weighted by atomic mass is 16.4. The van der Waals surface area contributed by atoms with Gasteiger partial charge in [-0.1, -0.05) is 39.8 Å². The van der Waals surface area contributed by atoms with Gasteiger partial charge in [-0.25, -0.2) is 0 Å². The number of hydrogen-bond acceptors (Lipinski definition) is 2. The summed E-state index contributed by atoms with van der Waals surface area (Å²) >= 11 is 0. The largest absolute Gasteiger partial charge is 0.481 e. The zero-order chi connectivity index (χ0) is 23.3. The SMILES string of the molecule is C=C(C)[C@H]1CC[C@]2(C(=O)O)CC[C@]3(C)C(CCC4[C@@]5(C)CCC(=O)[C@H](C)C5CC[C@]43C)C12. The molecule has 0 saturated heterocycles. The van der Waals surface area contributed by atoms with Crippen molar-refractivity contribution in [3.8, 4) is 0 Å². The molecule has 3 nitrogen and oxygen atoms in total. The summed E-state index contributed by atoms with van der Waals surface area (Å²) in [6, 6.07) is 0. The number of allylic oxidation sites excluding steroid dienone is 1. The Hall–Kier alpha value is -1.12. The van der Waals surface area contributed by atoms with Crippen molar-refractivity contribution in [2.24, 2.45) is 57.2 Å². The van der Waals surface area contributed by atoms with Gasteiger partial charge in [-0.05, 0) is 111 Å². The number of Topliss-reactive ketones (excluding diaryl/α,β-unsaturated/α-hetero) is 1. The number of fused-ring (bicyclic) bond motifs is 7. The summed E-state index contributed by atoms with van der Waals surface area (Å²) in [7, 11) is 0. The van der Waals surface area contributed by atoms with Gasteiger partial charge in [-0.2, -0.15) is 0 Å². The topological polar surface area (TPSA) is 54.4 Å². The van der Waals surface area contributed by atoms with Gasteiger partial charge in [0.05, 0.1) is 5.41 Å². The fraction of sp³-hybridized carbons (Fsp3) is 0.862. The number of carbonyl (C=O) groups is 2. The molecule has 1 N–H and O–H groups in total. The van der Waals surface area contributed by atoms with Crippen LogP contribution < -0.4 is 0 Å². The lowest BCUT2D eigenvalue weighted by Gasteiger charge is -2.71. The van der Waals surface area contributed by atoms with Gasteiger partial charge in [0.1, 0.15) is 5.78 Å². The van der Waals surface area contributed by atoms with Crippen molar-refractivity contribution in [1.29, 1.82) is 0 Å². The molecule has 0 aromatic carbocycles. The van der Waals surface area contributed by atoms with Gasteiger partial charge in [-0.15, -0.1) is 0 Å². The molecular formula is C29H44O3. The molecule has 10 atom stereocenters. The first-order valence-corrected chi connectivity index (χ1v) is 13.3. The molecule has 5 fully saturated rings. The molecular weight excluding hydrogens is 396 g/mol. The lowest BCUT2D eigenvalue weighted by molar-refractivity contribution is -0.229. The molecule has 0 aromatic rings. The molecule has 0 heterocycles. The highest BCUT2D eigenvalue weighted by Crippen LogP contribution is 2.76. The van der Waals surface area contributed by atoms with E-state index in [1.54, 1.807) is 0 Å². The molecule has 0 radical (unpaired) electrons. The van der Waals surface area contributed by atoms with Crippen LogP contribution in [0, 0.1) is 57.2 Å². The van der Waals surface area contributed by atoms with Crippen LogP contribution in [0.2, 0.25) is 0 Å². The van der Waals surface area contributed by atoms with E-state index in [1.807, 2.05) is 0 Å². The van der Waals surface area contributed by atoms with Crippen molar-refractivity contribution >= 4 is 11.8 Å². The summed E-state index contributed by atoms with van der Waals surface area (Å²) in [6.45, 7) is 16.3. The van der Waals surface area contributed by atoms with Crippen LogP contribution in [0.15, 0.2) is 12.2 Å². The van der Waals surface area contributed by atoms with E-state index in [4.69, 9.17) is 0 Å². The molecule has 0 amide bonds. The maximum absolute atomic E-state index is 12.7. The minimum atomic E-state index is -0.545. The van der Waals surface area contributed by atoms with Crippen molar-refractivity contribution < 1.29 is 14.7 Å². The fourth-order valence-electron chi connectivity index (χ4n) is 10.9. The Bertz CT molecular complexity index is 860. The number of rotatable bonds is 2. The number of aliphatic carboxylic acids is 1. The maximum Gasteiger partial charge on any atom is 0.309 e. The third-order valence-corrected chi connectivity index (χ3v) is 12.9. The number of hydrogen-bond donors (Lipinski definition) is 1. The molecule has 178 valence electrons. The number of ketones is 1. The minimum absolute atomic E-state index is 0.177. The van der Waals surface area contributed by atoms with Crippen LogP contribution in [0.5, 0.6) is 0 Å². The van der Waals surface area contributed by atoms with Crippen LogP contribution in [0.1, 0.15) is 98.8 Å². The quantitative estimate of drug-likeness (QED) is 0.475. The second kappa shape index (κ2) is 6.95. The van der Waals surface area contributed by atoms with E-state index in [0.29, 0.717) is 29.5 Å². The van der Waals surface area contributed by atoms with E-state index in [0.717, 1.165) is 51.4 Å². The molecule has 0 bridgehead atoms. The average molecular weight is 441 g/mol. The Morgan fingerprint density at radius 2 is 1.66 bits per heavy atom. The predicted octanol–water partition coefficient (Wildman–Crippen LogP) is 6.91. The molecule has 5 aliphatic carbocycles. The third-order valence-electron chi connectivity index (χ3n) is 12.9. The normalized spacial score (nSPS) is 54.7. The fourth-order valence-corrected chi connectivity index (χ4v) is 10.9. The lowest BCUT2D eigenvalue weighted by atomic mass is 9.33. The zero-order valence-corrected chi connectivity index (χ0v) is 21.0. The van der Waals surface area contributed by atoms with Gasteiger partial charge in [0.15, 0.2) is 0 Å². The molecule has 0 spiro atoms. The number of carboxylic acids is 1. The highest BCUT2D eigenvalue weighted by molar-refractivity contribution is 5.82. The molecule has 5 saturated carbocycles. The summed E-state index contributed by atoms with van der Waals surface area (Å²) in [5, 5.41) is 10.5. The van der Waals surface area contributed by atoms with Gasteiger partial charge in [0, 0.05) is 12.3 Å². The van der Waals surface area contributed by atoms with Crippen molar-refractivity contribution in [3.05, 3.63) is 12.2 Å². The minimum Gasteiger partial charge on any atom is -0.481 e. The Balaban J connectivity index is 1.56. The molecule has 3 heteroatoms. The standard InChI is InChI=1S/C29H44O3/c1-17(2)19-9-14-29(25(31)32)16-15-27(5)21(24(19)29)7-8-23-26(4)12-11-22(30)18(3)20(26)10-13-28(23,27)6/h18-21,23-24H,1,7-16H2,2-6H3,(H,31,32)/t18-,19-,20?,21?,23?,24?,26+,27-,28-,29+/m1/s1. The van der Waals surface area contributed by atoms with Gasteiger partial charge in [0.25, 0.3) is 0 Å². The molecule has 5 aliphatic rings. The maximum atomic E-state index is 12.7. The molecule has 0 aliphatic heterocycles. The lowest BCUT2D eigenvalue weighted by Crippen LogP contribution is -2.65. The summed E-state index contributed by atoms with van der Waals surface area (Å²) in [6.07, 6.45) is 10.2. The van der Waals surface area contributed by atoms with Crippen molar-refractivity contribution in [2.45, 2.75) is 98.8 Å². The van der Waals surface area contributed by atoms with Crippen molar-refractivity contribution in [2.75, 3.05) is 0 Å². The smallest absolute Gasteiger partial charge is 0.309 e. The van der Waals surface area contributed by atoms with Crippen LogP contribution in [0.25, 0.3) is 0 Å². The summed E-state index contributed by atoms with van der Waals surface area (Å²) in [5.74, 6) is 2.39. The van der Waals surface area contributed by atoms with E-state index in [1.165, 1.54) is 18.4 Å². The van der Waals surface area contributed by atoms with Gasteiger partial charge in [0.2, 0.25) is 0 Å². The van der Waals surface area contributed by atoms with Crippen molar-refractivity contribution in [3.63, 3.8) is 0 Å². The van der Waals surface area contributed by atoms with E-state index in [-0.39, 0.29) is 28.1 Å². The Morgan fingerprint density at radius 1 is 0.938 bits per heavy atom. The van der Waals surface area contributed by atoms with E-state index in [9.17, 15) is 14.7 Å². The van der Waals surface area contributed by atoms with Crippen LogP contribution in [0.4, 0.5) is 0 Å². The zero-order valence-electron chi connectivity index (χ0n) is 21.0. The van der Waals surface area contributed by atoms with Crippen molar-refractivity contribution in [1.82, 2.24) is 0 Å². The Kier molecular flexibility index (Phi) is 4.92. The first kappa shape index (κ1) is 22.7. The van der Waals surface area contributed by atoms with E-state index >= 15 is 0 Å². The van der Waals surface area contributed by atoms with Gasteiger partial charge < -0.3 is 5.11 Å². The molecule has 32 heavy (non-hydrogen) atoms. The predicted molar refractivity (Wildman–Crippen MR) is 127 cm³/mol. The first-order valence-electron chi connectivity index (χ1n) is 13.3.